The molecule has 0 radical (unpaired) electrons. The van der Waals surface area contributed by atoms with E-state index in [0.717, 1.165) is 31.1 Å². The van der Waals surface area contributed by atoms with E-state index in [0.29, 0.717) is 16.1 Å². The average Bonchev–Trinajstić information content (AvgIpc) is 3.08. The maximum atomic E-state index is 5.23. The number of likely N-dealkylation sites (tertiary alicyclic amines) is 1. The van der Waals surface area contributed by atoms with Crippen LogP contribution in [0.25, 0.3) is 0 Å². The number of nitrogens with zero attached hydrogens (tertiary/aromatic N) is 3. The summed E-state index contributed by atoms with van der Waals surface area (Å²) in [6, 6.07) is 0. The van der Waals surface area contributed by atoms with Crippen molar-refractivity contribution in [1.82, 2.24) is 26.4 Å². The van der Waals surface area contributed by atoms with Crippen molar-refractivity contribution in [1.29, 1.82) is 0 Å². The third-order valence-electron chi connectivity index (χ3n) is 3.76. The highest BCUT2D eigenvalue weighted by molar-refractivity contribution is 7.80. The Morgan fingerprint density at radius 2 is 1.48 bits per heavy atom. The van der Waals surface area contributed by atoms with E-state index in [-0.39, 0.29) is 0 Å². The van der Waals surface area contributed by atoms with Crippen LogP contribution in [-0.4, -0.2) is 59.3 Å². The predicted octanol–water partition coefficient (Wildman–Crippen LogP) is 1.42. The summed E-state index contributed by atoms with van der Waals surface area (Å²) in [5.74, 6) is 0.524. The normalized spacial score (nSPS) is 16.0. The Morgan fingerprint density at radius 3 is 2.00 bits per heavy atom. The molecular weight excluding hydrogens is 354 g/mol. The molecule has 0 amide bonds. The van der Waals surface area contributed by atoms with Gasteiger partial charge in [0.25, 0.3) is 0 Å². The van der Waals surface area contributed by atoms with Crippen LogP contribution in [0.15, 0.2) is 10.2 Å². The van der Waals surface area contributed by atoms with Gasteiger partial charge in [0.05, 0.1) is 11.4 Å². The Balaban J connectivity index is 2.26. The van der Waals surface area contributed by atoms with Gasteiger partial charge in [-0.05, 0) is 70.1 Å². The van der Waals surface area contributed by atoms with E-state index in [2.05, 4.69) is 50.4 Å². The van der Waals surface area contributed by atoms with Gasteiger partial charge in [-0.3, -0.25) is 10.9 Å². The zero-order valence-corrected chi connectivity index (χ0v) is 17.3. The fourth-order valence-corrected chi connectivity index (χ4v) is 2.42. The topological polar surface area (TPSA) is 76.1 Å². The van der Waals surface area contributed by atoms with E-state index in [1.165, 1.54) is 25.9 Å². The standard InChI is InChI=1S/C16H31N7S2/c1-12(2)11-18-16(25)22-20-14(4)13(3)19-21-15(24)17-7-10-23-8-5-6-9-23/h12H,5-11H2,1-4H3,(H2,17,21,24)(H2,18,22,25)/b19-13-,20-14-. The van der Waals surface area contributed by atoms with Gasteiger partial charge in [-0.2, -0.15) is 10.2 Å². The van der Waals surface area contributed by atoms with Crippen LogP contribution in [0.4, 0.5) is 0 Å². The molecule has 0 bridgehead atoms. The minimum Gasteiger partial charge on any atom is -0.361 e. The average molecular weight is 386 g/mol. The third-order valence-corrected chi connectivity index (χ3v) is 4.23. The molecule has 1 fully saturated rings. The molecule has 1 heterocycles. The molecule has 1 aliphatic rings. The van der Waals surface area contributed by atoms with Gasteiger partial charge in [-0.1, -0.05) is 13.8 Å². The number of nitrogens with one attached hydrogen (secondary N) is 4. The van der Waals surface area contributed by atoms with Gasteiger partial charge in [0, 0.05) is 19.6 Å². The number of hydrogen-bond donors (Lipinski definition) is 4. The molecule has 1 rings (SSSR count). The fraction of sp³-hybridized carbons (Fsp3) is 0.750. The minimum atomic E-state index is 0.507. The lowest BCUT2D eigenvalue weighted by Crippen LogP contribution is -2.38. The van der Waals surface area contributed by atoms with Crippen molar-refractivity contribution in [3.05, 3.63) is 0 Å². The van der Waals surface area contributed by atoms with Gasteiger partial charge in [-0.15, -0.1) is 0 Å². The molecule has 0 aromatic carbocycles. The van der Waals surface area contributed by atoms with Crippen LogP contribution >= 0.6 is 24.4 Å². The van der Waals surface area contributed by atoms with Crippen LogP contribution in [0.2, 0.25) is 0 Å². The van der Waals surface area contributed by atoms with Crippen molar-refractivity contribution in [2.24, 2.45) is 16.1 Å². The Morgan fingerprint density at radius 1 is 0.960 bits per heavy atom. The number of thiocarbonyl (C=S) groups is 2. The third kappa shape index (κ3) is 10.3. The highest BCUT2D eigenvalue weighted by atomic mass is 32.1. The SMILES string of the molecule is CC(=N/NC(=S)NCCN1CCCC1)/C(C)=N\NC(=S)NCC(C)C. The van der Waals surface area contributed by atoms with E-state index in [1.807, 2.05) is 13.8 Å². The molecule has 0 aliphatic carbocycles. The maximum Gasteiger partial charge on any atom is 0.187 e. The fourth-order valence-electron chi connectivity index (χ4n) is 2.14. The van der Waals surface area contributed by atoms with Gasteiger partial charge in [-0.25, -0.2) is 0 Å². The molecule has 0 saturated carbocycles. The molecule has 0 atom stereocenters. The first-order valence-corrected chi connectivity index (χ1v) is 9.59. The maximum absolute atomic E-state index is 5.23. The summed E-state index contributed by atoms with van der Waals surface area (Å²) in [7, 11) is 0. The van der Waals surface area contributed by atoms with Gasteiger partial charge in [0.1, 0.15) is 0 Å². The lowest BCUT2D eigenvalue weighted by atomic mass is 10.2. The van der Waals surface area contributed by atoms with Crippen molar-refractivity contribution in [3.8, 4) is 0 Å². The number of hydrogen-bond acceptors (Lipinski definition) is 5. The van der Waals surface area contributed by atoms with E-state index in [1.54, 1.807) is 0 Å². The minimum absolute atomic E-state index is 0.507. The van der Waals surface area contributed by atoms with Crippen LogP contribution < -0.4 is 21.5 Å². The van der Waals surface area contributed by atoms with E-state index in [9.17, 15) is 0 Å². The number of rotatable bonds is 8. The summed E-state index contributed by atoms with van der Waals surface area (Å²) in [5, 5.41) is 15.7. The molecule has 1 saturated heterocycles. The van der Waals surface area contributed by atoms with Crippen molar-refractivity contribution in [2.75, 3.05) is 32.7 Å². The second-order valence-electron chi connectivity index (χ2n) is 6.53. The molecule has 0 aromatic rings. The first-order chi connectivity index (χ1) is 11.9. The largest absolute Gasteiger partial charge is 0.361 e. The molecule has 142 valence electrons. The Bertz CT molecular complexity index is 497. The Kier molecular flexibility index (Phi) is 10.5. The summed E-state index contributed by atoms with van der Waals surface area (Å²) in [6.45, 7) is 13.0. The van der Waals surface area contributed by atoms with Gasteiger partial charge in [0.15, 0.2) is 10.2 Å². The van der Waals surface area contributed by atoms with Crippen molar-refractivity contribution >= 4 is 46.1 Å². The van der Waals surface area contributed by atoms with Crippen LogP contribution in [-0.2, 0) is 0 Å². The van der Waals surface area contributed by atoms with Gasteiger partial charge >= 0.3 is 0 Å². The first kappa shape index (κ1) is 21.7. The number of hydrazone groups is 2. The molecule has 0 spiro atoms. The molecule has 1 aliphatic heterocycles. The molecule has 4 N–H and O–H groups in total. The molecule has 0 unspecified atom stereocenters. The highest BCUT2D eigenvalue weighted by Crippen LogP contribution is 2.05. The molecule has 0 aromatic heterocycles. The Hall–Kier alpha value is -1.32. The molecule has 25 heavy (non-hydrogen) atoms. The Labute approximate surface area is 162 Å². The van der Waals surface area contributed by atoms with Crippen LogP contribution in [0.3, 0.4) is 0 Å². The lowest BCUT2D eigenvalue weighted by molar-refractivity contribution is 0.343. The molecule has 7 nitrogen and oxygen atoms in total. The summed E-state index contributed by atoms with van der Waals surface area (Å²) in [4.78, 5) is 2.43. The summed E-state index contributed by atoms with van der Waals surface area (Å²) in [6.07, 6.45) is 2.60. The second-order valence-corrected chi connectivity index (χ2v) is 7.34. The van der Waals surface area contributed by atoms with E-state index >= 15 is 0 Å². The summed E-state index contributed by atoms with van der Waals surface area (Å²) < 4.78 is 0. The highest BCUT2D eigenvalue weighted by Gasteiger charge is 2.10. The second kappa shape index (κ2) is 12.1. The van der Waals surface area contributed by atoms with E-state index in [4.69, 9.17) is 24.4 Å². The predicted molar refractivity (Wildman–Crippen MR) is 114 cm³/mol. The zero-order valence-electron chi connectivity index (χ0n) is 15.7. The van der Waals surface area contributed by atoms with Crippen molar-refractivity contribution in [3.63, 3.8) is 0 Å². The molecule has 9 heteroatoms. The molecular formula is C16H31N7S2. The van der Waals surface area contributed by atoms with Gasteiger partial charge < -0.3 is 15.5 Å². The summed E-state index contributed by atoms with van der Waals surface area (Å²) in [5.41, 5.74) is 7.14. The zero-order chi connectivity index (χ0) is 18.7. The smallest absolute Gasteiger partial charge is 0.187 e. The van der Waals surface area contributed by atoms with Gasteiger partial charge in [0.2, 0.25) is 0 Å². The first-order valence-electron chi connectivity index (χ1n) is 8.77. The van der Waals surface area contributed by atoms with Crippen molar-refractivity contribution in [2.45, 2.75) is 40.5 Å². The monoisotopic (exact) mass is 385 g/mol. The quantitative estimate of drug-likeness (QED) is 0.286. The van der Waals surface area contributed by atoms with Crippen molar-refractivity contribution < 1.29 is 0 Å². The van der Waals surface area contributed by atoms with Crippen LogP contribution in [0.5, 0.6) is 0 Å². The lowest BCUT2D eigenvalue weighted by Gasteiger charge is -2.15. The van der Waals surface area contributed by atoms with E-state index < -0.39 is 0 Å². The summed E-state index contributed by atoms with van der Waals surface area (Å²) >= 11 is 10.4. The van der Waals surface area contributed by atoms with Crippen LogP contribution in [0, 0.1) is 5.92 Å². The van der Waals surface area contributed by atoms with Crippen LogP contribution in [0.1, 0.15) is 40.5 Å².